The Hall–Kier alpha value is -2.52. The summed E-state index contributed by atoms with van der Waals surface area (Å²) in [7, 11) is 0. The number of ether oxygens (including phenoxy) is 1. The highest BCUT2D eigenvalue weighted by Gasteiger charge is 2.03. The second-order valence-electron chi connectivity index (χ2n) is 4.10. The third-order valence-corrected chi connectivity index (χ3v) is 3.20. The molecule has 0 bridgehead atoms. The molecule has 0 atom stereocenters. The van der Waals surface area contributed by atoms with E-state index in [0.29, 0.717) is 10.9 Å². The number of pyridine rings is 1. The number of hydrogen-bond acceptors (Lipinski definition) is 5. The average Bonchev–Trinajstić information content (AvgIpc) is 2.50. The van der Waals surface area contributed by atoms with Gasteiger partial charge in [-0.1, -0.05) is 11.8 Å². The first kappa shape index (κ1) is 14.9. The highest BCUT2D eigenvalue weighted by molar-refractivity contribution is 8.13. The molecule has 21 heavy (non-hydrogen) atoms. The molecule has 0 aliphatic heterocycles. The van der Waals surface area contributed by atoms with Crippen LogP contribution in [0, 0.1) is 18.4 Å². The van der Waals surface area contributed by atoms with Crippen LogP contribution in [0.15, 0.2) is 47.7 Å². The molecule has 1 N–H and O–H groups in total. The van der Waals surface area contributed by atoms with Crippen LogP contribution in [0.2, 0.25) is 0 Å². The van der Waals surface area contributed by atoms with Crippen LogP contribution >= 0.6 is 11.8 Å². The van der Waals surface area contributed by atoms with E-state index in [9.17, 15) is 0 Å². The maximum atomic E-state index is 8.64. The van der Waals surface area contributed by atoms with Crippen molar-refractivity contribution in [2.75, 3.05) is 6.26 Å². The van der Waals surface area contributed by atoms with Gasteiger partial charge in [0.2, 0.25) is 0 Å². The van der Waals surface area contributed by atoms with Gasteiger partial charge in [-0.05, 0) is 49.1 Å². The predicted octanol–water partition coefficient (Wildman–Crippen LogP) is 3.60. The summed E-state index contributed by atoms with van der Waals surface area (Å²) in [4.78, 5) is 8.40. The molecule has 1 aromatic heterocycles. The minimum atomic E-state index is 0.557. The summed E-state index contributed by atoms with van der Waals surface area (Å²) < 4.78 is 5.71. The number of thioether (sulfide) groups is 1. The van der Waals surface area contributed by atoms with Gasteiger partial charge in [-0.2, -0.15) is 5.26 Å². The SMILES string of the molecule is CSC(=Nc1ccc(Oc2cccnc2)cc1C)NC#N. The molecule has 106 valence electrons. The first-order valence-electron chi connectivity index (χ1n) is 6.19. The number of rotatable bonds is 3. The van der Waals surface area contributed by atoms with E-state index in [1.807, 2.05) is 49.7 Å². The van der Waals surface area contributed by atoms with Crippen molar-refractivity contribution in [3.8, 4) is 17.7 Å². The Kier molecular flexibility index (Phi) is 5.18. The van der Waals surface area contributed by atoms with Crippen molar-refractivity contribution in [3.63, 3.8) is 0 Å². The van der Waals surface area contributed by atoms with Gasteiger partial charge in [-0.25, -0.2) is 4.99 Å². The second-order valence-corrected chi connectivity index (χ2v) is 4.89. The molecule has 1 aromatic carbocycles. The third kappa shape index (κ3) is 4.23. The van der Waals surface area contributed by atoms with Gasteiger partial charge in [-0.15, -0.1) is 0 Å². The average molecular weight is 298 g/mol. The zero-order valence-corrected chi connectivity index (χ0v) is 12.5. The first-order valence-corrected chi connectivity index (χ1v) is 7.41. The van der Waals surface area contributed by atoms with E-state index < -0.39 is 0 Å². The van der Waals surface area contributed by atoms with Crippen LogP contribution in [0.4, 0.5) is 5.69 Å². The summed E-state index contributed by atoms with van der Waals surface area (Å²) in [5, 5.41) is 11.7. The Morgan fingerprint density at radius 3 is 2.86 bits per heavy atom. The lowest BCUT2D eigenvalue weighted by Gasteiger charge is -2.08. The zero-order chi connectivity index (χ0) is 15.1. The second kappa shape index (κ2) is 7.31. The fourth-order valence-electron chi connectivity index (χ4n) is 1.64. The molecule has 0 saturated carbocycles. The fourth-order valence-corrected chi connectivity index (χ4v) is 1.98. The molecule has 0 spiro atoms. The Morgan fingerprint density at radius 2 is 2.24 bits per heavy atom. The predicted molar refractivity (Wildman–Crippen MR) is 84.8 cm³/mol. The third-order valence-electron chi connectivity index (χ3n) is 2.62. The van der Waals surface area contributed by atoms with Crippen molar-refractivity contribution < 1.29 is 4.74 Å². The lowest BCUT2D eigenvalue weighted by Crippen LogP contribution is -2.12. The highest BCUT2D eigenvalue weighted by atomic mass is 32.2. The minimum absolute atomic E-state index is 0.557. The van der Waals surface area contributed by atoms with Crippen molar-refractivity contribution in [1.82, 2.24) is 10.3 Å². The minimum Gasteiger partial charge on any atom is -0.456 e. The normalized spacial score (nSPS) is 10.8. The van der Waals surface area contributed by atoms with Crippen LogP contribution < -0.4 is 10.1 Å². The van der Waals surface area contributed by atoms with Gasteiger partial charge in [0.05, 0.1) is 11.9 Å². The van der Waals surface area contributed by atoms with Gasteiger partial charge in [0.1, 0.15) is 11.5 Å². The first-order chi connectivity index (χ1) is 10.2. The monoisotopic (exact) mass is 298 g/mol. The summed E-state index contributed by atoms with van der Waals surface area (Å²) in [6.07, 6.45) is 7.08. The number of benzene rings is 1. The lowest BCUT2D eigenvalue weighted by molar-refractivity contribution is 0.480. The summed E-state index contributed by atoms with van der Waals surface area (Å²) in [5.74, 6) is 1.41. The summed E-state index contributed by atoms with van der Waals surface area (Å²) in [5.41, 5.74) is 1.75. The Bertz CT molecular complexity index is 680. The lowest BCUT2D eigenvalue weighted by atomic mass is 10.2. The molecule has 0 aliphatic carbocycles. The van der Waals surface area contributed by atoms with Gasteiger partial charge in [-0.3, -0.25) is 10.3 Å². The van der Waals surface area contributed by atoms with E-state index >= 15 is 0 Å². The van der Waals surface area contributed by atoms with E-state index in [1.54, 1.807) is 12.4 Å². The molecule has 0 radical (unpaired) electrons. The molecule has 0 aliphatic rings. The van der Waals surface area contributed by atoms with Crippen molar-refractivity contribution in [2.45, 2.75) is 6.92 Å². The van der Waals surface area contributed by atoms with Gasteiger partial charge in [0.15, 0.2) is 11.4 Å². The molecular weight excluding hydrogens is 284 g/mol. The molecule has 0 fully saturated rings. The van der Waals surface area contributed by atoms with E-state index in [2.05, 4.69) is 15.3 Å². The number of aryl methyl sites for hydroxylation is 1. The Labute approximate surface area is 127 Å². The largest absolute Gasteiger partial charge is 0.456 e. The van der Waals surface area contributed by atoms with Crippen LogP contribution in [0.3, 0.4) is 0 Å². The number of amidine groups is 1. The Morgan fingerprint density at radius 1 is 1.38 bits per heavy atom. The van der Waals surface area contributed by atoms with Gasteiger partial charge < -0.3 is 4.74 Å². The molecule has 0 saturated heterocycles. The molecule has 0 amide bonds. The van der Waals surface area contributed by atoms with E-state index in [1.165, 1.54) is 11.8 Å². The van der Waals surface area contributed by atoms with Crippen molar-refractivity contribution in [3.05, 3.63) is 48.3 Å². The number of aliphatic imine (C=N–C) groups is 1. The maximum absolute atomic E-state index is 8.64. The molecular formula is C15H14N4OS. The number of hydrogen-bond donors (Lipinski definition) is 1. The fraction of sp³-hybridized carbons (Fsp3) is 0.133. The zero-order valence-electron chi connectivity index (χ0n) is 11.7. The van der Waals surface area contributed by atoms with Crippen molar-refractivity contribution >= 4 is 22.6 Å². The summed E-state index contributed by atoms with van der Waals surface area (Å²) in [6.45, 7) is 1.94. The summed E-state index contributed by atoms with van der Waals surface area (Å²) >= 11 is 1.38. The van der Waals surface area contributed by atoms with Crippen LogP contribution in [0.5, 0.6) is 11.5 Å². The maximum Gasteiger partial charge on any atom is 0.183 e. The van der Waals surface area contributed by atoms with E-state index in [4.69, 9.17) is 10.00 Å². The van der Waals surface area contributed by atoms with Crippen molar-refractivity contribution in [1.29, 1.82) is 5.26 Å². The Balaban J connectivity index is 2.20. The van der Waals surface area contributed by atoms with Crippen molar-refractivity contribution in [2.24, 2.45) is 4.99 Å². The van der Waals surface area contributed by atoms with Crippen LogP contribution in [0.25, 0.3) is 0 Å². The number of nitriles is 1. The topological polar surface area (TPSA) is 70.3 Å². The van der Waals surface area contributed by atoms with Gasteiger partial charge in [0.25, 0.3) is 0 Å². The molecule has 2 aromatic rings. The smallest absolute Gasteiger partial charge is 0.183 e. The molecule has 5 nitrogen and oxygen atoms in total. The molecule has 0 unspecified atom stereocenters. The van der Waals surface area contributed by atoms with E-state index in [0.717, 1.165) is 17.0 Å². The molecule has 6 heteroatoms. The van der Waals surface area contributed by atoms with Crippen LogP contribution in [0.1, 0.15) is 5.56 Å². The van der Waals surface area contributed by atoms with Crippen LogP contribution in [-0.2, 0) is 0 Å². The molecule has 1 heterocycles. The summed E-state index contributed by atoms with van der Waals surface area (Å²) in [6, 6.07) is 9.26. The number of nitrogens with one attached hydrogen (secondary N) is 1. The number of nitrogens with zero attached hydrogens (tertiary/aromatic N) is 3. The highest BCUT2D eigenvalue weighted by Crippen LogP contribution is 2.27. The quantitative estimate of drug-likeness (QED) is 0.406. The standard InChI is InChI=1S/C15H14N4OS/c1-11-8-12(20-13-4-3-7-17-9-13)5-6-14(11)19-15(21-2)18-10-16/h3-9H,1-2H3,(H,18,19). The molecule has 2 rings (SSSR count). The van der Waals surface area contributed by atoms with E-state index in [-0.39, 0.29) is 0 Å². The van der Waals surface area contributed by atoms with Gasteiger partial charge in [0, 0.05) is 6.20 Å². The van der Waals surface area contributed by atoms with Crippen LogP contribution in [-0.4, -0.2) is 16.4 Å². The number of aromatic nitrogens is 1. The van der Waals surface area contributed by atoms with Gasteiger partial charge >= 0.3 is 0 Å².